The zero-order chi connectivity index (χ0) is 12.2. The van der Waals surface area contributed by atoms with E-state index in [2.05, 4.69) is 20.8 Å². The Balaban J connectivity index is 0.00000256. The maximum absolute atomic E-state index is 11.7. The van der Waals surface area contributed by atoms with E-state index in [1.165, 1.54) is 11.0 Å². The number of carbonyl (C=O) groups is 1. The number of aromatic nitrogens is 4. The Bertz CT molecular complexity index is 341. The lowest BCUT2D eigenvalue weighted by molar-refractivity contribution is -0.124. The van der Waals surface area contributed by atoms with Crippen LogP contribution < -0.4 is 11.1 Å². The molecule has 17 heavy (non-hydrogen) atoms. The minimum Gasteiger partial charge on any atom is -0.348 e. The summed E-state index contributed by atoms with van der Waals surface area (Å²) in [4.78, 5) is 11.7. The van der Waals surface area contributed by atoms with Crippen molar-refractivity contribution in [1.82, 2.24) is 25.5 Å². The number of hydrogen-bond acceptors (Lipinski definition) is 5. The molecule has 1 atom stereocenters. The molecule has 98 valence electrons. The highest BCUT2D eigenvalue weighted by Crippen LogP contribution is 2.14. The molecule has 1 aromatic rings. The lowest BCUT2D eigenvalue weighted by atomic mass is 9.88. The Morgan fingerprint density at radius 1 is 1.59 bits per heavy atom. The van der Waals surface area contributed by atoms with Gasteiger partial charge in [0.15, 0.2) is 0 Å². The Hall–Kier alpha value is -1.21. The predicted molar refractivity (Wildman–Crippen MR) is 65.5 cm³/mol. The fraction of sp³-hybridized carbons (Fsp3) is 0.778. The largest absolute Gasteiger partial charge is 0.348 e. The maximum Gasteiger partial charge on any atom is 0.242 e. The summed E-state index contributed by atoms with van der Waals surface area (Å²) in [6.07, 6.45) is 1.40. The number of rotatable bonds is 5. The van der Waals surface area contributed by atoms with Gasteiger partial charge < -0.3 is 11.1 Å². The van der Waals surface area contributed by atoms with Gasteiger partial charge >= 0.3 is 0 Å². The molecule has 0 aliphatic carbocycles. The summed E-state index contributed by atoms with van der Waals surface area (Å²) in [5.41, 5.74) is 5.27. The Kier molecular flexibility index (Phi) is 6.04. The number of hydrogen-bond donors (Lipinski definition) is 2. The predicted octanol–water partition coefficient (Wildman–Crippen LogP) is -0.415. The number of tetrazole rings is 1. The summed E-state index contributed by atoms with van der Waals surface area (Å²) in [7, 11) is 0. The van der Waals surface area contributed by atoms with Crippen molar-refractivity contribution in [3.8, 4) is 0 Å². The van der Waals surface area contributed by atoms with E-state index in [4.69, 9.17) is 5.73 Å². The summed E-state index contributed by atoms with van der Waals surface area (Å²) in [6.45, 7) is 6.46. The van der Waals surface area contributed by atoms with Crippen LogP contribution in [0.15, 0.2) is 6.33 Å². The van der Waals surface area contributed by atoms with E-state index in [1.807, 2.05) is 20.8 Å². The van der Waals surface area contributed by atoms with E-state index in [-0.39, 0.29) is 30.8 Å². The number of carbonyl (C=O) groups excluding carboxylic acids is 1. The summed E-state index contributed by atoms with van der Waals surface area (Å²) in [6, 6.07) is 0. The van der Waals surface area contributed by atoms with E-state index in [9.17, 15) is 4.79 Å². The van der Waals surface area contributed by atoms with E-state index in [0.717, 1.165) is 0 Å². The second kappa shape index (κ2) is 6.51. The lowest BCUT2D eigenvalue weighted by Gasteiger charge is -2.33. The van der Waals surface area contributed by atoms with Crippen LogP contribution in [0, 0.1) is 5.92 Å². The van der Waals surface area contributed by atoms with Crippen LogP contribution in [0.3, 0.4) is 0 Å². The van der Waals surface area contributed by atoms with Crippen molar-refractivity contribution >= 4 is 18.3 Å². The number of halogens is 1. The Morgan fingerprint density at radius 3 is 2.65 bits per heavy atom. The van der Waals surface area contributed by atoms with Gasteiger partial charge in [-0.25, -0.2) is 4.68 Å². The molecule has 1 heterocycles. The van der Waals surface area contributed by atoms with E-state index in [1.54, 1.807) is 0 Å². The SMILES string of the molecule is CC(C)C(C)(CN)NC(=O)Cn1cnnn1.Cl. The number of nitrogens with one attached hydrogen (secondary N) is 1. The van der Waals surface area contributed by atoms with Crippen molar-refractivity contribution < 1.29 is 4.79 Å². The van der Waals surface area contributed by atoms with Gasteiger partial charge in [0.2, 0.25) is 5.91 Å². The molecular formula is C9H19ClN6O. The van der Waals surface area contributed by atoms with Crippen molar-refractivity contribution in [2.24, 2.45) is 11.7 Å². The fourth-order valence-corrected chi connectivity index (χ4v) is 1.19. The van der Waals surface area contributed by atoms with Crippen molar-refractivity contribution in [2.75, 3.05) is 6.54 Å². The lowest BCUT2D eigenvalue weighted by Crippen LogP contribution is -2.55. The van der Waals surface area contributed by atoms with Gasteiger partial charge in [-0.3, -0.25) is 4.79 Å². The van der Waals surface area contributed by atoms with Crippen LogP contribution >= 0.6 is 12.4 Å². The van der Waals surface area contributed by atoms with Crippen molar-refractivity contribution in [3.63, 3.8) is 0 Å². The molecule has 3 N–H and O–H groups in total. The highest BCUT2D eigenvalue weighted by Gasteiger charge is 2.28. The van der Waals surface area contributed by atoms with Crippen molar-refractivity contribution in [2.45, 2.75) is 32.9 Å². The van der Waals surface area contributed by atoms with Gasteiger partial charge in [0, 0.05) is 6.54 Å². The third-order valence-corrected chi connectivity index (χ3v) is 2.82. The van der Waals surface area contributed by atoms with E-state index < -0.39 is 5.54 Å². The molecule has 1 amide bonds. The Morgan fingerprint density at radius 2 is 2.24 bits per heavy atom. The second-order valence-corrected chi connectivity index (χ2v) is 4.33. The normalized spacial score (nSPS) is 13.9. The summed E-state index contributed by atoms with van der Waals surface area (Å²) < 4.78 is 1.37. The highest BCUT2D eigenvalue weighted by molar-refractivity contribution is 5.85. The molecule has 0 spiro atoms. The molecule has 1 aromatic heterocycles. The molecular weight excluding hydrogens is 244 g/mol. The minimum atomic E-state index is -0.398. The van der Waals surface area contributed by atoms with Gasteiger partial charge in [0.1, 0.15) is 12.9 Å². The monoisotopic (exact) mass is 262 g/mol. The second-order valence-electron chi connectivity index (χ2n) is 4.33. The van der Waals surface area contributed by atoms with Crippen LogP contribution in [-0.2, 0) is 11.3 Å². The average Bonchev–Trinajstić information content (AvgIpc) is 2.69. The standard InChI is InChI=1S/C9H18N6O.ClH/c1-7(2)9(3,5-10)12-8(16)4-15-6-11-13-14-15;/h6-7H,4-5,10H2,1-3H3,(H,12,16);1H. The molecule has 0 radical (unpaired) electrons. The van der Waals surface area contributed by atoms with Crippen molar-refractivity contribution in [3.05, 3.63) is 6.33 Å². The van der Waals surface area contributed by atoms with Crippen LogP contribution in [0.5, 0.6) is 0 Å². The van der Waals surface area contributed by atoms with Gasteiger partial charge in [-0.05, 0) is 23.3 Å². The van der Waals surface area contributed by atoms with E-state index >= 15 is 0 Å². The minimum absolute atomic E-state index is 0. The summed E-state index contributed by atoms with van der Waals surface area (Å²) >= 11 is 0. The highest BCUT2D eigenvalue weighted by atomic mass is 35.5. The summed E-state index contributed by atoms with van der Waals surface area (Å²) in [5, 5.41) is 13.4. The molecule has 8 heteroatoms. The molecule has 0 aliphatic heterocycles. The van der Waals surface area contributed by atoms with Gasteiger partial charge in [-0.2, -0.15) is 0 Å². The summed E-state index contributed by atoms with van der Waals surface area (Å²) in [5.74, 6) is 0.115. The van der Waals surface area contributed by atoms with Crippen LogP contribution in [0.2, 0.25) is 0 Å². The zero-order valence-electron chi connectivity index (χ0n) is 10.3. The quantitative estimate of drug-likeness (QED) is 0.751. The molecule has 0 fully saturated rings. The van der Waals surface area contributed by atoms with Gasteiger partial charge in [0.25, 0.3) is 0 Å². The first-order chi connectivity index (χ1) is 7.48. The molecule has 0 aliphatic rings. The maximum atomic E-state index is 11.7. The molecule has 1 unspecified atom stereocenters. The van der Waals surface area contributed by atoms with Crippen LogP contribution in [-0.4, -0.2) is 38.2 Å². The number of nitrogens with zero attached hydrogens (tertiary/aromatic N) is 4. The van der Waals surface area contributed by atoms with Gasteiger partial charge in [0.05, 0.1) is 5.54 Å². The van der Waals surface area contributed by atoms with Crippen LogP contribution in [0.4, 0.5) is 0 Å². The molecule has 0 bridgehead atoms. The number of nitrogens with two attached hydrogens (primary N) is 1. The average molecular weight is 263 g/mol. The smallest absolute Gasteiger partial charge is 0.242 e. The fourth-order valence-electron chi connectivity index (χ4n) is 1.19. The molecule has 7 nitrogen and oxygen atoms in total. The van der Waals surface area contributed by atoms with E-state index in [0.29, 0.717) is 6.54 Å². The Labute approximate surface area is 107 Å². The van der Waals surface area contributed by atoms with Gasteiger partial charge in [-0.15, -0.1) is 17.5 Å². The van der Waals surface area contributed by atoms with Crippen LogP contribution in [0.1, 0.15) is 20.8 Å². The first-order valence-electron chi connectivity index (χ1n) is 5.20. The first kappa shape index (κ1) is 15.8. The molecule has 0 saturated heterocycles. The molecule has 0 saturated carbocycles. The third kappa shape index (κ3) is 4.27. The topological polar surface area (TPSA) is 98.7 Å². The zero-order valence-corrected chi connectivity index (χ0v) is 11.1. The van der Waals surface area contributed by atoms with Crippen LogP contribution in [0.25, 0.3) is 0 Å². The number of amides is 1. The molecule has 1 rings (SSSR count). The van der Waals surface area contributed by atoms with Gasteiger partial charge in [-0.1, -0.05) is 13.8 Å². The first-order valence-corrected chi connectivity index (χ1v) is 5.20. The molecule has 0 aromatic carbocycles. The van der Waals surface area contributed by atoms with Crippen molar-refractivity contribution in [1.29, 1.82) is 0 Å². The third-order valence-electron chi connectivity index (χ3n) is 2.82.